The van der Waals surface area contributed by atoms with Gasteiger partial charge in [0.2, 0.25) is 17.6 Å². The Morgan fingerprint density at radius 3 is 2.41 bits per heavy atom. The van der Waals surface area contributed by atoms with Gasteiger partial charge in [-0.25, -0.2) is 9.78 Å². The van der Waals surface area contributed by atoms with Gasteiger partial charge in [0, 0.05) is 11.6 Å². The molecule has 198 valence electrons. The first-order valence-electron chi connectivity index (χ1n) is 11.4. The van der Waals surface area contributed by atoms with Gasteiger partial charge in [-0.3, -0.25) is 19.6 Å². The molecular weight excluding hydrogens is 525 g/mol. The molecule has 3 aromatic heterocycles. The van der Waals surface area contributed by atoms with Gasteiger partial charge in [-0.1, -0.05) is 63.7 Å². The Hall–Kier alpha value is -3.51. The van der Waals surface area contributed by atoms with Crippen molar-refractivity contribution in [3.8, 4) is 11.5 Å². The summed E-state index contributed by atoms with van der Waals surface area (Å²) in [6, 6.07) is 2.02. The summed E-state index contributed by atoms with van der Waals surface area (Å²) in [5.74, 6) is -1.71. The molecule has 3 rings (SSSR count). The Morgan fingerprint density at radius 2 is 1.86 bits per heavy atom. The van der Waals surface area contributed by atoms with Gasteiger partial charge in [0.1, 0.15) is 28.2 Å². The zero-order chi connectivity index (χ0) is 27.3. The van der Waals surface area contributed by atoms with Crippen LogP contribution in [0.25, 0.3) is 11.5 Å². The highest BCUT2D eigenvalue weighted by Crippen LogP contribution is 2.40. The van der Waals surface area contributed by atoms with E-state index in [0.717, 1.165) is 4.90 Å². The van der Waals surface area contributed by atoms with Crippen LogP contribution in [0.2, 0.25) is 10.3 Å². The number of Topliss-reactive ketones (excluding diaryl/α,β-unsaturated/α-hetero) is 1. The molecule has 0 bridgehead atoms. The highest BCUT2D eigenvalue weighted by Gasteiger charge is 2.45. The molecule has 0 unspecified atom stereocenters. The van der Waals surface area contributed by atoms with E-state index in [9.17, 15) is 19.5 Å². The number of ketones is 1. The molecule has 3 aromatic rings. The number of H-pyrrole nitrogens is 1. The zero-order valence-corrected chi connectivity index (χ0v) is 22.2. The first-order valence-corrected chi connectivity index (χ1v) is 12.2. The predicted molar refractivity (Wildman–Crippen MR) is 135 cm³/mol. The number of aromatic amines is 1. The van der Waals surface area contributed by atoms with E-state index in [2.05, 4.69) is 30.7 Å². The van der Waals surface area contributed by atoms with Crippen LogP contribution in [0.3, 0.4) is 0 Å². The highest BCUT2D eigenvalue weighted by molar-refractivity contribution is 6.42. The number of pyridine rings is 1. The summed E-state index contributed by atoms with van der Waals surface area (Å²) in [5.41, 5.74) is -0.434. The predicted octanol–water partition coefficient (Wildman–Crippen LogP) is 5.00. The molecule has 14 heteroatoms. The summed E-state index contributed by atoms with van der Waals surface area (Å²) < 4.78 is 5.88. The molecular formula is C23H27Cl2N7O5. The maximum atomic E-state index is 13.3. The molecule has 0 saturated carbocycles. The fourth-order valence-electron chi connectivity index (χ4n) is 3.84. The molecule has 2 amide bonds. The number of unbranched alkanes of at least 4 members (excludes halogenated alkanes) is 1. The van der Waals surface area contributed by atoms with Crippen molar-refractivity contribution >= 4 is 46.8 Å². The number of carbonyl (C=O) groups is 3. The molecule has 0 saturated heterocycles. The van der Waals surface area contributed by atoms with E-state index in [-0.39, 0.29) is 34.3 Å². The molecule has 37 heavy (non-hydrogen) atoms. The number of rotatable bonds is 10. The van der Waals surface area contributed by atoms with E-state index in [4.69, 9.17) is 27.6 Å². The van der Waals surface area contributed by atoms with Crippen molar-refractivity contribution in [1.29, 1.82) is 0 Å². The van der Waals surface area contributed by atoms with Gasteiger partial charge in [0.25, 0.3) is 5.91 Å². The van der Waals surface area contributed by atoms with Crippen molar-refractivity contribution < 1.29 is 23.9 Å². The Bertz CT molecular complexity index is 1240. The van der Waals surface area contributed by atoms with Gasteiger partial charge in [-0.2, -0.15) is 5.10 Å². The lowest BCUT2D eigenvalue weighted by atomic mass is 9.84. The Labute approximate surface area is 222 Å². The standard InChI is InChI=1S/C23H27Cl2N7O5/c1-5-6-7-13(17(33)19(34)28-16-8-9-26-29-16)32(22(35)36)18(23(2,3)4)21-31-30-20(37-21)12-10-14(24)27-15(25)11-12/h8-11,13,18H,5-7H2,1-4H3,(H,35,36)(H2,26,28,29,34)/t13-,18+/m0/s1. The van der Waals surface area contributed by atoms with Crippen LogP contribution < -0.4 is 5.32 Å². The van der Waals surface area contributed by atoms with Crippen molar-refractivity contribution in [2.45, 2.75) is 59.0 Å². The largest absolute Gasteiger partial charge is 0.465 e. The Morgan fingerprint density at radius 1 is 1.19 bits per heavy atom. The third-order valence-corrected chi connectivity index (χ3v) is 5.83. The molecule has 0 spiro atoms. The molecule has 0 aliphatic rings. The highest BCUT2D eigenvalue weighted by atomic mass is 35.5. The van der Waals surface area contributed by atoms with Crippen LogP contribution in [0.15, 0.2) is 28.8 Å². The smallest absolute Gasteiger partial charge is 0.408 e. The quantitative estimate of drug-likeness (QED) is 0.232. The summed E-state index contributed by atoms with van der Waals surface area (Å²) >= 11 is 12.0. The van der Waals surface area contributed by atoms with E-state index in [0.29, 0.717) is 18.4 Å². The molecule has 0 aliphatic heterocycles. The maximum absolute atomic E-state index is 13.3. The molecule has 12 nitrogen and oxygen atoms in total. The fourth-order valence-corrected chi connectivity index (χ4v) is 4.30. The van der Waals surface area contributed by atoms with Crippen LogP contribution >= 0.6 is 23.2 Å². The fraction of sp³-hybridized carbons (Fsp3) is 0.435. The van der Waals surface area contributed by atoms with Gasteiger partial charge < -0.3 is 14.8 Å². The number of hydrogen-bond acceptors (Lipinski definition) is 8. The monoisotopic (exact) mass is 551 g/mol. The van der Waals surface area contributed by atoms with Gasteiger partial charge in [-0.05, 0) is 24.0 Å². The van der Waals surface area contributed by atoms with E-state index in [1.165, 1.54) is 24.4 Å². The normalized spacial score (nSPS) is 13.1. The maximum Gasteiger partial charge on any atom is 0.408 e. The number of anilines is 1. The molecule has 0 aromatic carbocycles. The summed E-state index contributed by atoms with van der Waals surface area (Å²) in [4.78, 5) is 43.6. The number of aromatic nitrogens is 5. The van der Waals surface area contributed by atoms with Crippen LogP contribution in [0.4, 0.5) is 10.6 Å². The topological polar surface area (TPSA) is 167 Å². The van der Waals surface area contributed by atoms with E-state index in [1.807, 2.05) is 6.92 Å². The van der Waals surface area contributed by atoms with Crippen LogP contribution in [0.1, 0.15) is 58.9 Å². The number of amides is 2. The van der Waals surface area contributed by atoms with E-state index in [1.54, 1.807) is 20.8 Å². The van der Waals surface area contributed by atoms with Crippen molar-refractivity contribution in [3.05, 3.63) is 40.6 Å². The summed E-state index contributed by atoms with van der Waals surface area (Å²) in [7, 11) is 0. The first-order chi connectivity index (χ1) is 17.4. The van der Waals surface area contributed by atoms with Gasteiger partial charge in [0.05, 0.1) is 6.20 Å². The van der Waals surface area contributed by atoms with E-state index >= 15 is 0 Å². The lowest BCUT2D eigenvalue weighted by Gasteiger charge is -2.39. The molecule has 0 radical (unpaired) electrons. The lowest BCUT2D eigenvalue weighted by molar-refractivity contribution is -0.139. The molecule has 3 heterocycles. The zero-order valence-electron chi connectivity index (χ0n) is 20.7. The van der Waals surface area contributed by atoms with Crippen LogP contribution in [-0.4, -0.2) is 59.2 Å². The average molecular weight is 552 g/mol. The molecule has 2 atom stereocenters. The minimum absolute atomic E-state index is 0.0363. The number of nitrogens with one attached hydrogen (secondary N) is 2. The van der Waals surface area contributed by atoms with Gasteiger partial charge in [0.15, 0.2) is 0 Å². The Kier molecular flexibility index (Phi) is 8.87. The number of halogens is 2. The van der Waals surface area contributed by atoms with Gasteiger partial charge in [-0.15, -0.1) is 10.2 Å². The summed E-state index contributed by atoms with van der Waals surface area (Å²) in [5, 5.41) is 27.3. The number of carbonyl (C=O) groups excluding carboxylic acids is 2. The van der Waals surface area contributed by atoms with Crippen molar-refractivity contribution in [2.24, 2.45) is 5.41 Å². The summed E-state index contributed by atoms with van der Waals surface area (Å²) in [6.07, 6.45) is 1.27. The minimum atomic E-state index is -1.42. The molecule has 3 N–H and O–H groups in total. The lowest BCUT2D eigenvalue weighted by Crippen LogP contribution is -2.52. The van der Waals surface area contributed by atoms with Crippen LogP contribution in [0.5, 0.6) is 0 Å². The van der Waals surface area contributed by atoms with Gasteiger partial charge >= 0.3 is 6.09 Å². The third kappa shape index (κ3) is 6.83. The minimum Gasteiger partial charge on any atom is -0.465 e. The second kappa shape index (κ2) is 11.7. The Balaban J connectivity index is 2.04. The van der Waals surface area contributed by atoms with Crippen molar-refractivity contribution in [2.75, 3.05) is 5.32 Å². The van der Waals surface area contributed by atoms with E-state index < -0.39 is 35.3 Å². The molecule has 0 fully saturated rings. The summed E-state index contributed by atoms with van der Waals surface area (Å²) in [6.45, 7) is 7.20. The SMILES string of the molecule is CCCC[C@@H](C(=O)C(=O)Nc1ccn[nH]1)N(C(=O)O)[C@H](c1nnc(-c2cc(Cl)nc(Cl)c2)o1)C(C)(C)C. The average Bonchev–Trinajstić information content (AvgIpc) is 3.49. The number of carboxylic acid groups (broad SMARTS) is 1. The molecule has 0 aliphatic carbocycles. The van der Waals surface area contributed by atoms with Crippen LogP contribution in [-0.2, 0) is 9.59 Å². The van der Waals surface area contributed by atoms with Crippen LogP contribution in [0, 0.1) is 5.41 Å². The number of hydrogen-bond donors (Lipinski definition) is 3. The third-order valence-electron chi connectivity index (χ3n) is 5.45. The second-order valence-corrected chi connectivity index (χ2v) is 10.1. The first kappa shape index (κ1) is 28.1. The number of nitrogens with zero attached hydrogens (tertiary/aromatic N) is 5. The van der Waals surface area contributed by atoms with Crippen molar-refractivity contribution in [1.82, 2.24) is 30.3 Å². The second-order valence-electron chi connectivity index (χ2n) is 9.35. The van der Waals surface area contributed by atoms with Crippen molar-refractivity contribution in [3.63, 3.8) is 0 Å².